The number of esters is 1. The molecule has 0 saturated carbocycles. The quantitative estimate of drug-likeness (QED) is 0.845. The van der Waals surface area contributed by atoms with Crippen molar-refractivity contribution in [1.82, 2.24) is 9.55 Å². The van der Waals surface area contributed by atoms with Crippen LogP contribution in [-0.4, -0.2) is 33.2 Å². The highest BCUT2D eigenvalue weighted by atomic mass is 16.5. The van der Waals surface area contributed by atoms with E-state index in [1.165, 1.54) is 12.1 Å². The summed E-state index contributed by atoms with van der Waals surface area (Å²) in [5, 5.41) is 8.96. The number of hydrogen-bond donors (Lipinski definition) is 1. The Balaban J connectivity index is 2.27. The van der Waals surface area contributed by atoms with E-state index >= 15 is 0 Å². The van der Waals surface area contributed by atoms with Gasteiger partial charge in [-0.1, -0.05) is 0 Å². The van der Waals surface area contributed by atoms with Crippen LogP contribution in [0.5, 0.6) is 0 Å². The third kappa shape index (κ3) is 2.79. The molecule has 1 aromatic carbocycles. The van der Waals surface area contributed by atoms with Gasteiger partial charge in [0.2, 0.25) is 0 Å². The number of aryl methyl sites for hydroxylation is 2. The van der Waals surface area contributed by atoms with E-state index in [0.717, 1.165) is 11.3 Å². The molecule has 2 rings (SSSR count). The van der Waals surface area contributed by atoms with Gasteiger partial charge in [0.15, 0.2) is 0 Å². The Morgan fingerprint density at radius 3 is 2.80 bits per heavy atom. The van der Waals surface area contributed by atoms with Crippen LogP contribution < -0.4 is 0 Å². The zero-order chi connectivity index (χ0) is 14.7. The summed E-state index contributed by atoms with van der Waals surface area (Å²) in [6, 6.07) is 4.78. The van der Waals surface area contributed by atoms with Crippen molar-refractivity contribution < 1.29 is 19.4 Å². The summed E-state index contributed by atoms with van der Waals surface area (Å²) in [4.78, 5) is 26.7. The molecule has 20 heavy (non-hydrogen) atoms. The molecule has 0 saturated heterocycles. The standard InChI is InChI=1S/C14H16N2O4/c1-3-20-13(17)6-7-16-9(2)15-11-8-10(14(18)19)4-5-12(11)16/h4-5,8H,3,6-7H2,1-2H3,(H,18,19). The van der Waals surface area contributed by atoms with Crippen molar-refractivity contribution >= 4 is 23.0 Å². The smallest absolute Gasteiger partial charge is 0.335 e. The molecule has 1 heterocycles. The number of carboxylic acids is 1. The van der Waals surface area contributed by atoms with Crippen molar-refractivity contribution in [2.24, 2.45) is 0 Å². The summed E-state index contributed by atoms with van der Waals surface area (Å²) in [5.41, 5.74) is 1.63. The molecule has 2 aromatic rings. The highest BCUT2D eigenvalue weighted by Gasteiger charge is 2.12. The Hall–Kier alpha value is -2.37. The molecule has 0 aliphatic heterocycles. The Morgan fingerprint density at radius 2 is 2.15 bits per heavy atom. The second kappa shape index (κ2) is 5.73. The van der Waals surface area contributed by atoms with E-state index in [9.17, 15) is 9.59 Å². The second-order valence-corrected chi connectivity index (χ2v) is 4.37. The first kappa shape index (κ1) is 14.0. The van der Waals surface area contributed by atoms with E-state index < -0.39 is 5.97 Å². The fourth-order valence-electron chi connectivity index (χ4n) is 2.10. The van der Waals surface area contributed by atoms with E-state index in [4.69, 9.17) is 9.84 Å². The fourth-order valence-corrected chi connectivity index (χ4v) is 2.10. The van der Waals surface area contributed by atoms with Crippen LogP contribution in [0.2, 0.25) is 0 Å². The molecule has 6 nitrogen and oxygen atoms in total. The molecule has 6 heteroatoms. The number of carbonyl (C=O) groups excluding carboxylic acids is 1. The summed E-state index contributed by atoms with van der Waals surface area (Å²) in [5.74, 6) is -0.492. The number of imidazole rings is 1. The molecule has 0 aliphatic rings. The van der Waals surface area contributed by atoms with E-state index in [-0.39, 0.29) is 18.0 Å². The molecule has 0 atom stereocenters. The largest absolute Gasteiger partial charge is 0.478 e. The minimum atomic E-state index is -0.981. The zero-order valence-corrected chi connectivity index (χ0v) is 11.4. The number of aromatic nitrogens is 2. The number of hydrogen-bond acceptors (Lipinski definition) is 4. The van der Waals surface area contributed by atoms with Gasteiger partial charge < -0.3 is 14.4 Å². The minimum absolute atomic E-state index is 0.201. The number of carbonyl (C=O) groups is 2. The molecule has 106 valence electrons. The topological polar surface area (TPSA) is 81.4 Å². The van der Waals surface area contributed by atoms with Gasteiger partial charge in [-0.05, 0) is 32.0 Å². The predicted octanol–water partition coefficient (Wildman–Crippen LogP) is 2.00. The van der Waals surface area contributed by atoms with E-state index in [0.29, 0.717) is 18.7 Å². The van der Waals surface area contributed by atoms with Gasteiger partial charge in [-0.15, -0.1) is 0 Å². The predicted molar refractivity (Wildman–Crippen MR) is 72.7 cm³/mol. The second-order valence-electron chi connectivity index (χ2n) is 4.37. The Labute approximate surface area is 116 Å². The molecule has 0 unspecified atom stereocenters. The van der Waals surface area contributed by atoms with Gasteiger partial charge in [-0.3, -0.25) is 4.79 Å². The van der Waals surface area contributed by atoms with Crippen molar-refractivity contribution in [2.45, 2.75) is 26.8 Å². The number of ether oxygens (including phenoxy) is 1. The average molecular weight is 276 g/mol. The van der Waals surface area contributed by atoms with Crippen LogP contribution in [0.4, 0.5) is 0 Å². The molecule has 0 amide bonds. The van der Waals surface area contributed by atoms with Crippen LogP contribution in [0.15, 0.2) is 18.2 Å². The monoisotopic (exact) mass is 276 g/mol. The molecule has 0 spiro atoms. The maximum Gasteiger partial charge on any atom is 0.335 e. The SMILES string of the molecule is CCOC(=O)CCn1c(C)nc2cc(C(=O)O)ccc21. The maximum absolute atomic E-state index is 11.4. The molecule has 1 aromatic heterocycles. The van der Waals surface area contributed by atoms with E-state index in [1.807, 2.05) is 11.5 Å². The van der Waals surface area contributed by atoms with Crippen molar-refractivity contribution in [3.8, 4) is 0 Å². The van der Waals surface area contributed by atoms with Gasteiger partial charge in [-0.2, -0.15) is 0 Å². The highest BCUT2D eigenvalue weighted by molar-refractivity contribution is 5.92. The molecular weight excluding hydrogens is 260 g/mol. The number of fused-ring (bicyclic) bond motifs is 1. The third-order valence-electron chi connectivity index (χ3n) is 3.03. The Morgan fingerprint density at radius 1 is 1.40 bits per heavy atom. The van der Waals surface area contributed by atoms with Crippen LogP contribution in [-0.2, 0) is 16.1 Å². The van der Waals surface area contributed by atoms with Gasteiger partial charge in [-0.25, -0.2) is 9.78 Å². The van der Waals surface area contributed by atoms with Crippen LogP contribution in [0, 0.1) is 6.92 Å². The van der Waals surface area contributed by atoms with E-state index in [2.05, 4.69) is 4.98 Å². The number of benzene rings is 1. The first-order valence-electron chi connectivity index (χ1n) is 6.38. The van der Waals surface area contributed by atoms with Crippen LogP contribution in [0.1, 0.15) is 29.5 Å². The van der Waals surface area contributed by atoms with Crippen molar-refractivity contribution in [3.05, 3.63) is 29.6 Å². The molecule has 0 aliphatic carbocycles. The lowest BCUT2D eigenvalue weighted by atomic mass is 10.2. The van der Waals surface area contributed by atoms with Crippen LogP contribution in [0.3, 0.4) is 0 Å². The lowest BCUT2D eigenvalue weighted by Crippen LogP contribution is -2.09. The minimum Gasteiger partial charge on any atom is -0.478 e. The summed E-state index contributed by atoms with van der Waals surface area (Å²) < 4.78 is 6.78. The number of rotatable bonds is 5. The fraction of sp³-hybridized carbons (Fsp3) is 0.357. The van der Waals surface area contributed by atoms with Gasteiger partial charge in [0.1, 0.15) is 5.82 Å². The lowest BCUT2D eigenvalue weighted by Gasteiger charge is -2.06. The van der Waals surface area contributed by atoms with E-state index in [1.54, 1.807) is 13.0 Å². The molecule has 0 fully saturated rings. The summed E-state index contributed by atoms with van der Waals surface area (Å²) in [6.45, 7) is 4.42. The van der Waals surface area contributed by atoms with Gasteiger partial charge >= 0.3 is 11.9 Å². The Bertz CT molecular complexity index is 660. The normalized spacial score (nSPS) is 10.7. The highest BCUT2D eigenvalue weighted by Crippen LogP contribution is 2.18. The first-order chi connectivity index (χ1) is 9.52. The number of nitrogens with zero attached hydrogens (tertiary/aromatic N) is 2. The average Bonchev–Trinajstić information content (AvgIpc) is 2.71. The van der Waals surface area contributed by atoms with Crippen LogP contribution in [0.25, 0.3) is 11.0 Å². The van der Waals surface area contributed by atoms with Gasteiger partial charge in [0.25, 0.3) is 0 Å². The van der Waals surface area contributed by atoms with Crippen molar-refractivity contribution in [2.75, 3.05) is 6.61 Å². The summed E-state index contributed by atoms with van der Waals surface area (Å²) in [7, 11) is 0. The van der Waals surface area contributed by atoms with Gasteiger partial charge in [0, 0.05) is 6.54 Å². The maximum atomic E-state index is 11.4. The number of aromatic carboxylic acids is 1. The van der Waals surface area contributed by atoms with Crippen molar-refractivity contribution in [3.63, 3.8) is 0 Å². The summed E-state index contributed by atoms with van der Waals surface area (Å²) in [6.07, 6.45) is 0.265. The molecule has 0 bridgehead atoms. The molecule has 1 N–H and O–H groups in total. The number of carboxylic acid groups (broad SMARTS) is 1. The molecular formula is C14H16N2O4. The third-order valence-corrected chi connectivity index (χ3v) is 3.03. The Kier molecular flexibility index (Phi) is 4.02. The molecule has 0 radical (unpaired) electrons. The van der Waals surface area contributed by atoms with Crippen molar-refractivity contribution in [1.29, 1.82) is 0 Å². The summed E-state index contributed by atoms with van der Waals surface area (Å²) >= 11 is 0. The first-order valence-corrected chi connectivity index (χ1v) is 6.38. The van der Waals surface area contributed by atoms with Gasteiger partial charge in [0.05, 0.1) is 29.6 Å². The lowest BCUT2D eigenvalue weighted by molar-refractivity contribution is -0.143. The zero-order valence-electron chi connectivity index (χ0n) is 11.4. The van der Waals surface area contributed by atoms with Crippen LogP contribution >= 0.6 is 0 Å².